The molecule has 1 unspecified atom stereocenters. The predicted octanol–water partition coefficient (Wildman–Crippen LogP) is 1.61. The largest absolute Gasteiger partial charge is 0.352 e. The molecule has 3 rings (SSSR count). The van der Waals surface area contributed by atoms with E-state index in [0.717, 1.165) is 6.42 Å². The van der Waals surface area contributed by atoms with Crippen molar-refractivity contribution in [2.24, 2.45) is 5.92 Å². The van der Waals surface area contributed by atoms with Crippen LogP contribution in [0.3, 0.4) is 0 Å². The molecule has 1 fully saturated rings. The molecule has 1 atom stereocenters. The zero-order valence-corrected chi connectivity index (χ0v) is 14.4. The molecule has 1 aliphatic heterocycles. The number of aromatic amines is 1. The van der Waals surface area contributed by atoms with Crippen LogP contribution in [0.5, 0.6) is 0 Å². The SMILES string of the molecule is O=C(NCCCC1CCS(=O)(=O)C1)c1cc2ccc(F)cc2[nH]c1=O. The van der Waals surface area contributed by atoms with Gasteiger partial charge in [-0.25, -0.2) is 12.8 Å². The van der Waals surface area contributed by atoms with Crippen LogP contribution >= 0.6 is 0 Å². The summed E-state index contributed by atoms with van der Waals surface area (Å²) in [5.74, 6) is -0.333. The number of halogens is 1. The molecule has 0 aliphatic carbocycles. The highest BCUT2D eigenvalue weighted by atomic mass is 32.2. The van der Waals surface area contributed by atoms with Crippen LogP contribution in [0.2, 0.25) is 0 Å². The second-order valence-corrected chi connectivity index (χ2v) is 8.64. The Kier molecular flexibility index (Phi) is 4.89. The summed E-state index contributed by atoms with van der Waals surface area (Å²) < 4.78 is 36.0. The Labute approximate surface area is 144 Å². The first-order chi connectivity index (χ1) is 11.8. The second-order valence-electron chi connectivity index (χ2n) is 6.41. The minimum atomic E-state index is -2.88. The number of carbonyl (C=O) groups is 1. The summed E-state index contributed by atoms with van der Waals surface area (Å²) in [4.78, 5) is 26.7. The quantitative estimate of drug-likeness (QED) is 0.786. The minimum Gasteiger partial charge on any atom is -0.352 e. The van der Waals surface area contributed by atoms with E-state index < -0.39 is 27.1 Å². The number of rotatable bonds is 5. The van der Waals surface area contributed by atoms with Crippen LogP contribution in [0.15, 0.2) is 29.1 Å². The lowest BCUT2D eigenvalue weighted by molar-refractivity contribution is 0.0951. The van der Waals surface area contributed by atoms with Gasteiger partial charge in [0, 0.05) is 6.54 Å². The number of sulfone groups is 1. The molecule has 1 aliphatic rings. The third kappa shape index (κ3) is 4.25. The summed E-state index contributed by atoms with van der Waals surface area (Å²) in [6.07, 6.45) is 2.06. The average Bonchev–Trinajstić information content (AvgIpc) is 2.89. The first-order valence-corrected chi connectivity index (χ1v) is 9.97. The maximum absolute atomic E-state index is 13.2. The second kappa shape index (κ2) is 6.95. The van der Waals surface area contributed by atoms with Crippen molar-refractivity contribution < 1.29 is 17.6 Å². The van der Waals surface area contributed by atoms with Gasteiger partial charge in [-0.1, -0.05) is 0 Å². The van der Waals surface area contributed by atoms with Gasteiger partial charge in [-0.2, -0.15) is 0 Å². The highest BCUT2D eigenvalue weighted by Crippen LogP contribution is 2.22. The van der Waals surface area contributed by atoms with Crippen molar-refractivity contribution in [3.63, 3.8) is 0 Å². The van der Waals surface area contributed by atoms with E-state index in [-0.39, 0.29) is 23.0 Å². The first-order valence-electron chi connectivity index (χ1n) is 8.15. The van der Waals surface area contributed by atoms with Crippen LogP contribution in [-0.2, 0) is 9.84 Å². The average molecular weight is 366 g/mol. The maximum atomic E-state index is 13.2. The molecule has 25 heavy (non-hydrogen) atoms. The van der Waals surface area contributed by atoms with E-state index in [0.29, 0.717) is 30.3 Å². The van der Waals surface area contributed by atoms with Crippen molar-refractivity contribution in [3.8, 4) is 0 Å². The number of hydrogen-bond acceptors (Lipinski definition) is 4. The Morgan fingerprint density at radius 1 is 1.32 bits per heavy atom. The fourth-order valence-corrected chi connectivity index (χ4v) is 5.04. The molecule has 0 spiro atoms. The first kappa shape index (κ1) is 17.6. The molecule has 2 aromatic rings. The molecule has 6 nitrogen and oxygen atoms in total. The van der Waals surface area contributed by atoms with E-state index in [2.05, 4.69) is 10.3 Å². The fraction of sp³-hybridized carbons (Fsp3) is 0.412. The third-order valence-corrected chi connectivity index (χ3v) is 6.29. The lowest BCUT2D eigenvalue weighted by Crippen LogP contribution is -2.30. The molecule has 1 saturated heterocycles. The molecule has 0 radical (unpaired) electrons. The summed E-state index contributed by atoms with van der Waals surface area (Å²) in [5.41, 5.74) is -0.260. The monoisotopic (exact) mass is 366 g/mol. The van der Waals surface area contributed by atoms with Crippen LogP contribution in [0.25, 0.3) is 10.9 Å². The van der Waals surface area contributed by atoms with Gasteiger partial charge >= 0.3 is 0 Å². The topological polar surface area (TPSA) is 96.1 Å². The van der Waals surface area contributed by atoms with Crippen LogP contribution in [0.4, 0.5) is 4.39 Å². The zero-order chi connectivity index (χ0) is 18.0. The zero-order valence-electron chi connectivity index (χ0n) is 13.5. The van der Waals surface area contributed by atoms with E-state index >= 15 is 0 Å². The van der Waals surface area contributed by atoms with Gasteiger partial charge in [-0.15, -0.1) is 0 Å². The Hall–Kier alpha value is -2.22. The van der Waals surface area contributed by atoms with Crippen molar-refractivity contribution in [1.82, 2.24) is 10.3 Å². The van der Waals surface area contributed by atoms with E-state index in [1.54, 1.807) is 0 Å². The van der Waals surface area contributed by atoms with Crippen molar-refractivity contribution in [3.05, 3.63) is 46.0 Å². The number of benzene rings is 1. The number of pyridine rings is 1. The normalized spacial score (nSPS) is 19.2. The van der Waals surface area contributed by atoms with Gasteiger partial charge in [-0.3, -0.25) is 9.59 Å². The van der Waals surface area contributed by atoms with E-state index in [1.807, 2.05) is 0 Å². The van der Waals surface area contributed by atoms with Crippen molar-refractivity contribution in [1.29, 1.82) is 0 Å². The highest BCUT2D eigenvalue weighted by molar-refractivity contribution is 7.91. The number of H-pyrrole nitrogens is 1. The standard InChI is InChI=1S/C17H19FN2O4S/c18-13-4-3-12-8-14(17(22)20-15(12)9-13)16(21)19-6-1-2-11-5-7-25(23,24)10-11/h3-4,8-9,11H,1-2,5-7,10H2,(H,19,21)(H,20,22). The highest BCUT2D eigenvalue weighted by Gasteiger charge is 2.27. The molecular formula is C17H19FN2O4S. The number of amides is 1. The lowest BCUT2D eigenvalue weighted by atomic mass is 10.0. The van der Waals surface area contributed by atoms with Crippen molar-refractivity contribution in [2.45, 2.75) is 19.3 Å². The van der Waals surface area contributed by atoms with Gasteiger partial charge in [0.25, 0.3) is 11.5 Å². The van der Waals surface area contributed by atoms with Gasteiger partial charge in [0.2, 0.25) is 0 Å². The molecule has 8 heteroatoms. The van der Waals surface area contributed by atoms with Gasteiger partial charge in [0.15, 0.2) is 9.84 Å². The maximum Gasteiger partial charge on any atom is 0.261 e. The van der Waals surface area contributed by atoms with E-state index in [9.17, 15) is 22.4 Å². The fourth-order valence-electron chi connectivity index (χ4n) is 3.13. The summed E-state index contributed by atoms with van der Waals surface area (Å²) in [5, 5.41) is 3.25. The third-order valence-electron chi connectivity index (χ3n) is 4.45. The molecule has 0 bridgehead atoms. The molecule has 1 aromatic heterocycles. The number of fused-ring (bicyclic) bond motifs is 1. The Balaban J connectivity index is 1.58. The molecule has 2 heterocycles. The summed E-state index contributed by atoms with van der Waals surface area (Å²) in [6, 6.07) is 5.40. The summed E-state index contributed by atoms with van der Waals surface area (Å²) >= 11 is 0. The minimum absolute atomic E-state index is 0.0254. The van der Waals surface area contributed by atoms with Gasteiger partial charge in [0.1, 0.15) is 11.4 Å². The molecule has 1 aromatic carbocycles. The van der Waals surface area contributed by atoms with Crippen LogP contribution in [0, 0.1) is 11.7 Å². The Morgan fingerprint density at radius 3 is 2.84 bits per heavy atom. The van der Waals surface area contributed by atoms with Crippen molar-refractivity contribution >= 4 is 26.6 Å². The van der Waals surface area contributed by atoms with Gasteiger partial charge in [-0.05, 0) is 54.8 Å². The van der Waals surface area contributed by atoms with Crippen LogP contribution < -0.4 is 10.9 Å². The number of carbonyl (C=O) groups excluding carboxylic acids is 1. The van der Waals surface area contributed by atoms with E-state index in [4.69, 9.17) is 0 Å². The van der Waals surface area contributed by atoms with Gasteiger partial charge < -0.3 is 10.3 Å². The molecular weight excluding hydrogens is 347 g/mol. The molecule has 1 amide bonds. The summed E-state index contributed by atoms with van der Waals surface area (Å²) in [6.45, 7) is 0.371. The molecule has 134 valence electrons. The number of nitrogens with one attached hydrogen (secondary N) is 2. The Morgan fingerprint density at radius 2 is 2.12 bits per heavy atom. The van der Waals surface area contributed by atoms with Crippen LogP contribution in [-0.4, -0.2) is 37.4 Å². The predicted molar refractivity (Wildman–Crippen MR) is 92.9 cm³/mol. The number of aromatic nitrogens is 1. The number of hydrogen-bond donors (Lipinski definition) is 2. The smallest absolute Gasteiger partial charge is 0.261 e. The summed E-state index contributed by atoms with van der Waals surface area (Å²) in [7, 11) is -2.88. The Bertz CT molecular complexity index is 968. The van der Waals surface area contributed by atoms with Crippen LogP contribution in [0.1, 0.15) is 29.6 Å². The van der Waals surface area contributed by atoms with Crippen molar-refractivity contribution in [2.75, 3.05) is 18.1 Å². The van der Waals surface area contributed by atoms with Gasteiger partial charge in [0.05, 0.1) is 17.0 Å². The molecule has 2 N–H and O–H groups in total. The van der Waals surface area contributed by atoms with E-state index in [1.165, 1.54) is 24.3 Å². The molecule has 0 saturated carbocycles. The lowest BCUT2D eigenvalue weighted by Gasteiger charge is -2.09.